The Labute approximate surface area is 256 Å². The van der Waals surface area contributed by atoms with Gasteiger partial charge in [0.05, 0.1) is 21.3 Å². The Balaban J connectivity index is 1.40. The molecule has 0 aliphatic heterocycles. The molecule has 44 heavy (non-hydrogen) atoms. The summed E-state index contributed by atoms with van der Waals surface area (Å²) in [5.41, 5.74) is 5.49. The van der Waals surface area contributed by atoms with Crippen LogP contribution in [0.15, 0.2) is 133 Å². The van der Waals surface area contributed by atoms with Crippen LogP contribution in [0.2, 0.25) is 0 Å². The molecule has 4 heterocycles. The number of para-hydroxylation sites is 2. The van der Waals surface area contributed by atoms with E-state index in [1.54, 1.807) is 11.3 Å². The second-order valence-corrected chi connectivity index (χ2v) is 11.6. The van der Waals surface area contributed by atoms with Crippen molar-refractivity contribution in [3.63, 3.8) is 0 Å². The van der Waals surface area contributed by atoms with Crippen LogP contribution in [-0.4, -0.2) is 29.5 Å². The topological polar surface area (TPSA) is 69.4 Å². The van der Waals surface area contributed by atoms with E-state index in [4.69, 9.17) is 24.9 Å². The predicted molar refractivity (Wildman–Crippen MR) is 179 cm³/mol. The Bertz CT molecular complexity index is 2390. The second-order valence-electron chi connectivity index (χ2n) is 10.6. The third-order valence-corrected chi connectivity index (χ3v) is 9.07. The molecule has 0 fully saturated rings. The molecule has 0 aliphatic carbocycles. The van der Waals surface area contributed by atoms with Gasteiger partial charge in [-0.05, 0) is 18.2 Å². The molecule has 4 aromatic heterocycles. The second kappa shape index (κ2) is 9.90. The molecule has 0 bridgehead atoms. The lowest BCUT2D eigenvalue weighted by Crippen LogP contribution is -2.05. The third-order valence-electron chi connectivity index (χ3n) is 7.90. The van der Waals surface area contributed by atoms with Crippen molar-refractivity contribution in [1.29, 1.82) is 0 Å². The van der Waals surface area contributed by atoms with Gasteiger partial charge >= 0.3 is 0 Å². The van der Waals surface area contributed by atoms with Gasteiger partial charge in [-0.25, -0.2) is 24.9 Å². The van der Waals surface area contributed by atoms with E-state index in [2.05, 4.69) is 77.4 Å². The molecule has 9 rings (SSSR count). The van der Waals surface area contributed by atoms with Crippen LogP contribution in [0.25, 0.3) is 82.4 Å². The first kappa shape index (κ1) is 24.8. The van der Waals surface area contributed by atoms with Crippen molar-refractivity contribution in [2.24, 2.45) is 0 Å². The summed E-state index contributed by atoms with van der Waals surface area (Å²) in [4.78, 5) is 25.5. The molecule has 0 N–H and O–H groups in total. The molecule has 5 aromatic carbocycles. The monoisotopic (exact) mass is 582 g/mol. The minimum Gasteiger partial charge on any atom is -0.278 e. The number of rotatable bonds is 4. The number of thiophene rings is 1. The van der Waals surface area contributed by atoms with Crippen LogP contribution in [0.4, 0.5) is 0 Å². The molecule has 0 unspecified atom stereocenters. The van der Waals surface area contributed by atoms with Crippen LogP contribution < -0.4 is 0 Å². The zero-order valence-corrected chi connectivity index (χ0v) is 24.1. The number of hydrogen-bond donors (Lipinski definition) is 0. The minimum atomic E-state index is 0.513. The standard InChI is InChI=1S/C37H22N6S/c1-3-13-23(14-4-1)34-40-35(24-15-5-2-6-16-24)42-36(41-34)32-33-31(27-19-9-12-22-30(27)44-33)38-37(39-32)43-28-20-10-7-17-25(28)26-18-8-11-21-29(26)43/h1-22H. The van der Waals surface area contributed by atoms with Crippen LogP contribution >= 0.6 is 11.3 Å². The van der Waals surface area contributed by atoms with Crippen molar-refractivity contribution in [3.05, 3.63) is 133 Å². The maximum absolute atomic E-state index is 5.29. The van der Waals surface area contributed by atoms with Crippen molar-refractivity contribution < 1.29 is 0 Å². The highest BCUT2D eigenvalue weighted by Crippen LogP contribution is 2.39. The number of fused-ring (bicyclic) bond motifs is 6. The number of benzene rings is 5. The molecule has 7 heteroatoms. The van der Waals surface area contributed by atoms with Gasteiger partial charge in [-0.3, -0.25) is 4.57 Å². The average Bonchev–Trinajstić information content (AvgIpc) is 3.64. The van der Waals surface area contributed by atoms with Crippen molar-refractivity contribution >= 4 is 53.4 Å². The molecular formula is C37H22N6S. The summed E-state index contributed by atoms with van der Waals surface area (Å²) in [7, 11) is 0. The summed E-state index contributed by atoms with van der Waals surface area (Å²) in [5.74, 6) is 2.29. The lowest BCUT2D eigenvalue weighted by molar-refractivity contribution is 0.998. The van der Waals surface area contributed by atoms with E-state index >= 15 is 0 Å². The third kappa shape index (κ3) is 3.91. The van der Waals surface area contributed by atoms with E-state index in [1.807, 2.05) is 60.7 Å². The first-order valence-electron chi connectivity index (χ1n) is 14.4. The highest BCUT2D eigenvalue weighted by molar-refractivity contribution is 7.26. The molecule has 0 saturated heterocycles. The van der Waals surface area contributed by atoms with Crippen LogP contribution in [0.3, 0.4) is 0 Å². The normalized spacial score (nSPS) is 11.6. The maximum Gasteiger partial charge on any atom is 0.236 e. The molecule has 0 saturated carbocycles. The van der Waals surface area contributed by atoms with Gasteiger partial charge in [-0.1, -0.05) is 115 Å². The van der Waals surface area contributed by atoms with Crippen LogP contribution in [0, 0.1) is 0 Å². The smallest absolute Gasteiger partial charge is 0.236 e. The molecular weight excluding hydrogens is 561 g/mol. The van der Waals surface area contributed by atoms with E-state index in [0.29, 0.717) is 29.1 Å². The SMILES string of the molecule is c1ccc(-c2nc(-c3ccccc3)nc(-c3nc(-n4c5ccccc5c5ccccc54)nc4c3sc3ccccc34)n2)cc1. The van der Waals surface area contributed by atoms with Gasteiger partial charge in [0.15, 0.2) is 17.5 Å². The molecule has 6 nitrogen and oxygen atoms in total. The Morgan fingerprint density at radius 1 is 0.432 bits per heavy atom. The van der Waals surface area contributed by atoms with E-state index in [-0.39, 0.29) is 0 Å². The largest absolute Gasteiger partial charge is 0.278 e. The summed E-state index contributed by atoms with van der Waals surface area (Å²) < 4.78 is 4.23. The van der Waals surface area contributed by atoms with E-state index in [0.717, 1.165) is 53.2 Å². The molecule has 0 aliphatic rings. The number of aromatic nitrogens is 6. The Morgan fingerprint density at radius 2 is 0.932 bits per heavy atom. The van der Waals surface area contributed by atoms with Crippen molar-refractivity contribution in [1.82, 2.24) is 29.5 Å². The van der Waals surface area contributed by atoms with Crippen molar-refractivity contribution in [2.45, 2.75) is 0 Å². The molecule has 9 aromatic rings. The molecule has 0 spiro atoms. The fraction of sp³-hybridized carbons (Fsp3) is 0. The lowest BCUT2D eigenvalue weighted by atomic mass is 10.2. The number of nitrogens with zero attached hydrogens (tertiary/aromatic N) is 6. The zero-order chi connectivity index (χ0) is 29.0. The minimum absolute atomic E-state index is 0.513. The van der Waals surface area contributed by atoms with E-state index in [9.17, 15) is 0 Å². The number of hydrogen-bond acceptors (Lipinski definition) is 6. The summed E-state index contributed by atoms with van der Waals surface area (Å²) in [6, 6.07) is 45.2. The Kier molecular flexibility index (Phi) is 5.57. The fourth-order valence-electron chi connectivity index (χ4n) is 5.88. The summed E-state index contributed by atoms with van der Waals surface area (Å²) >= 11 is 1.67. The van der Waals surface area contributed by atoms with Gasteiger partial charge in [0, 0.05) is 32.0 Å². The summed E-state index contributed by atoms with van der Waals surface area (Å²) in [5, 5.41) is 3.39. The predicted octanol–water partition coefficient (Wildman–Crippen LogP) is 9.13. The van der Waals surface area contributed by atoms with Gasteiger partial charge in [0.25, 0.3) is 0 Å². The summed E-state index contributed by atoms with van der Waals surface area (Å²) in [6.45, 7) is 0. The quantitative estimate of drug-likeness (QED) is 0.207. The highest BCUT2D eigenvalue weighted by atomic mass is 32.1. The maximum atomic E-state index is 5.29. The van der Waals surface area contributed by atoms with Gasteiger partial charge in [0.2, 0.25) is 5.95 Å². The fourth-order valence-corrected chi connectivity index (χ4v) is 7.01. The van der Waals surface area contributed by atoms with Gasteiger partial charge < -0.3 is 0 Å². The first-order valence-corrected chi connectivity index (χ1v) is 15.2. The molecule has 0 radical (unpaired) electrons. The van der Waals surface area contributed by atoms with E-state index < -0.39 is 0 Å². The van der Waals surface area contributed by atoms with Crippen LogP contribution in [0.1, 0.15) is 0 Å². The Hall–Kier alpha value is -5.79. The first-order chi connectivity index (χ1) is 21.8. The van der Waals surface area contributed by atoms with Gasteiger partial charge in [0.1, 0.15) is 5.69 Å². The molecule has 0 atom stereocenters. The Morgan fingerprint density at radius 3 is 1.55 bits per heavy atom. The highest BCUT2D eigenvalue weighted by Gasteiger charge is 2.22. The van der Waals surface area contributed by atoms with Gasteiger partial charge in [-0.15, -0.1) is 11.3 Å². The van der Waals surface area contributed by atoms with Crippen molar-refractivity contribution in [3.8, 4) is 40.2 Å². The summed E-state index contributed by atoms with van der Waals surface area (Å²) in [6.07, 6.45) is 0. The molecule has 206 valence electrons. The van der Waals surface area contributed by atoms with Crippen LogP contribution in [0.5, 0.6) is 0 Å². The average molecular weight is 583 g/mol. The van der Waals surface area contributed by atoms with Gasteiger partial charge in [-0.2, -0.15) is 0 Å². The van der Waals surface area contributed by atoms with Crippen LogP contribution in [-0.2, 0) is 0 Å². The van der Waals surface area contributed by atoms with E-state index in [1.165, 1.54) is 0 Å². The van der Waals surface area contributed by atoms with Crippen molar-refractivity contribution in [2.75, 3.05) is 0 Å². The molecule has 0 amide bonds. The lowest BCUT2D eigenvalue weighted by Gasteiger charge is -2.11. The zero-order valence-electron chi connectivity index (χ0n) is 23.3.